The molecule has 0 fully saturated rings. The van der Waals surface area contributed by atoms with Gasteiger partial charge in [0, 0.05) is 17.5 Å². The summed E-state index contributed by atoms with van der Waals surface area (Å²) in [4.78, 5) is 14.3. The van der Waals surface area contributed by atoms with E-state index in [-0.39, 0.29) is 5.76 Å². The lowest BCUT2D eigenvalue weighted by molar-refractivity contribution is 0.0489. The predicted octanol–water partition coefficient (Wildman–Crippen LogP) is 4.14. The Bertz CT molecular complexity index is 846. The molecule has 0 N–H and O–H groups in total. The summed E-state index contributed by atoms with van der Waals surface area (Å²) in [5.74, 6) is 1.63. The number of aryl methyl sites for hydroxylation is 1. The van der Waals surface area contributed by atoms with Crippen molar-refractivity contribution in [3.8, 4) is 0 Å². The van der Waals surface area contributed by atoms with Crippen LogP contribution in [0.2, 0.25) is 0 Å². The van der Waals surface area contributed by atoms with E-state index >= 15 is 0 Å². The monoisotopic (exact) mass is 327 g/mol. The molecular weight excluding hydrogens is 306 g/mol. The highest BCUT2D eigenvalue weighted by molar-refractivity contribution is 5.96. The van der Waals surface area contributed by atoms with Crippen LogP contribution in [0.1, 0.15) is 34.6 Å². The van der Waals surface area contributed by atoms with Crippen LogP contribution < -0.4 is 0 Å². The summed E-state index contributed by atoms with van der Waals surface area (Å²) in [6.45, 7) is 5.23. The van der Waals surface area contributed by atoms with Gasteiger partial charge < -0.3 is 13.6 Å². The summed E-state index contributed by atoms with van der Waals surface area (Å²) < 4.78 is 16.5. The zero-order valence-corrected chi connectivity index (χ0v) is 14.2. The average Bonchev–Trinajstić information content (AvgIpc) is 3.12. The summed E-state index contributed by atoms with van der Waals surface area (Å²) in [5, 5.41) is 0.933. The molecule has 0 aliphatic carbocycles. The summed E-state index contributed by atoms with van der Waals surface area (Å²) in [6.07, 6.45) is 0. The van der Waals surface area contributed by atoms with Gasteiger partial charge in [0.15, 0.2) is 0 Å². The third-order valence-electron chi connectivity index (χ3n) is 3.81. The van der Waals surface area contributed by atoms with Gasteiger partial charge in [-0.3, -0.25) is 4.90 Å². The Morgan fingerprint density at radius 1 is 1.12 bits per heavy atom. The van der Waals surface area contributed by atoms with Crippen LogP contribution in [0.5, 0.6) is 0 Å². The average molecular weight is 327 g/mol. The van der Waals surface area contributed by atoms with Crippen molar-refractivity contribution in [3.63, 3.8) is 0 Å². The molecule has 0 saturated carbocycles. The Morgan fingerprint density at radius 2 is 1.92 bits per heavy atom. The number of hydrogen-bond acceptors (Lipinski definition) is 5. The van der Waals surface area contributed by atoms with E-state index in [1.54, 1.807) is 6.92 Å². The van der Waals surface area contributed by atoms with Crippen LogP contribution in [0.3, 0.4) is 0 Å². The summed E-state index contributed by atoms with van der Waals surface area (Å²) in [5.41, 5.74) is 1.53. The first-order valence-corrected chi connectivity index (χ1v) is 8.00. The zero-order chi connectivity index (χ0) is 17.1. The van der Waals surface area contributed by atoms with Crippen LogP contribution >= 0.6 is 0 Å². The fourth-order valence-corrected chi connectivity index (χ4v) is 2.78. The molecule has 0 amide bonds. The molecule has 2 aromatic heterocycles. The molecule has 0 bridgehead atoms. The maximum absolute atomic E-state index is 12.2. The molecule has 0 radical (unpaired) electrons. The zero-order valence-electron chi connectivity index (χ0n) is 14.2. The highest BCUT2D eigenvalue weighted by atomic mass is 16.5. The number of hydrogen-bond donors (Lipinski definition) is 0. The van der Waals surface area contributed by atoms with E-state index in [0.717, 1.165) is 22.5 Å². The first-order chi connectivity index (χ1) is 11.6. The minimum Gasteiger partial charge on any atom is -0.465 e. The Morgan fingerprint density at radius 3 is 2.62 bits per heavy atom. The Kier molecular flexibility index (Phi) is 4.71. The minimum atomic E-state index is -0.425. The number of rotatable bonds is 6. The van der Waals surface area contributed by atoms with Crippen LogP contribution in [-0.2, 0) is 17.8 Å². The molecule has 126 valence electrons. The second kappa shape index (κ2) is 6.93. The van der Waals surface area contributed by atoms with Gasteiger partial charge in [0.25, 0.3) is 0 Å². The van der Waals surface area contributed by atoms with Gasteiger partial charge in [-0.15, -0.1) is 0 Å². The maximum atomic E-state index is 12.2. The van der Waals surface area contributed by atoms with Gasteiger partial charge in [0.1, 0.15) is 17.1 Å². The normalized spacial score (nSPS) is 11.3. The second-order valence-corrected chi connectivity index (χ2v) is 5.81. The van der Waals surface area contributed by atoms with Gasteiger partial charge in [0.05, 0.1) is 13.2 Å². The number of fused-ring (bicyclic) bond motifs is 1. The van der Waals surface area contributed by atoms with Crippen molar-refractivity contribution in [2.24, 2.45) is 0 Å². The van der Waals surface area contributed by atoms with E-state index in [1.807, 2.05) is 50.4 Å². The van der Waals surface area contributed by atoms with Gasteiger partial charge in [-0.05, 0) is 39.1 Å². The fraction of sp³-hybridized carbons (Fsp3) is 0.316. The lowest BCUT2D eigenvalue weighted by atomic mass is 10.1. The second-order valence-electron chi connectivity index (χ2n) is 5.81. The molecule has 2 heterocycles. The van der Waals surface area contributed by atoms with Gasteiger partial charge in [-0.2, -0.15) is 0 Å². The van der Waals surface area contributed by atoms with Crippen molar-refractivity contribution < 1.29 is 18.4 Å². The highest BCUT2D eigenvalue weighted by Gasteiger charge is 2.22. The number of carbonyl (C=O) groups is 1. The number of ether oxygens (including phenoxy) is 1. The van der Waals surface area contributed by atoms with Crippen LogP contribution in [0, 0.1) is 6.92 Å². The highest BCUT2D eigenvalue weighted by Crippen LogP contribution is 2.28. The number of nitrogens with zero attached hydrogens (tertiary/aromatic N) is 1. The molecule has 1 aromatic carbocycles. The minimum absolute atomic E-state index is 0.278. The molecule has 24 heavy (non-hydrogen) atoms. The lowest BCUT2D eigenvalue weighted by Gasteiger charge is -2.15. The third kappa shape index (κ3) is 3.36. The van der Waals surface area contributed by atoms with Gasteiger partial charge in [0.2, 0.25) is 5.76 Å². The molecule has 0 spiro atoms. The summed E-state index contributed by atoms with van der Waals surface area (Å²) >= 11 is 0. The Balaban J connectivity index is 1.88. The van der Waals surface area contributed by atoms with Crippen LogP contribution in [0.4, 0.5) is 0 Å². The number of para-hydroxylation sites is 1. The molecule has 0 unspecified atom stereocenters. The molecule has 5 nitrogen and oxygen atoms in total. The molecule has 0 aliphatic rings. The van der Waals surface area contributed by atoms with E-state index in [2.05, 4.69) is 4.90 Å². The maximum Gasteiger partial charge on any atom is 0.374 e. The van der Waals surface area contributed by atoms with Crippen LogP contribution in [0.25, 0.3) is 11.0 Å². The third-order valence-corrected chi connectivity index (χ3v) is 3.81. The molecule has 0 saturated heterocycles. The van der Waals surface area contributed by atoms with Crippen LogP contribution in [-0.4, -0.2) is 24.5 Å². The largest absolute Gasteiger partial charge is 0.465 e. The quantitative estimate of drug-likeness (QED) is 0.637. The van der Waals surface area contributed by atoms with E-state index in [0.29, 0.717) is 25.3 Å². The first kappa shape index (κ1) is 16.3. The van der Waals surface area contributed by atoms with Crippen molar-refractivity contribution in [2.45, 2.75) is 26.9 Å². The number of benzene rings is 1. The number of carbonyl (C=O) groups excluding carboxylic acids is 1. The first-order valence-electron chi connectivity index (χ1n) is 8.00. The van der Waals surface area contributed by atoms with Gasteiger partial charge >= 0.3 is 5.97 Å². The molecule has 5 heteroatoms. The van der Waals surface area contributed by atoms with Gasteiger partial charge in [-0.25, -0.2) is 4.79 Å². The molecule has 3 rings (SSSR count). The number of furan rings is 2. The van der Waals surface area contributed by atoms with Crippen molar-refractivity contribution >= 4 is 16.9 Å². The molecule has 0 atom stereocenters. The summed E-state index contributed by atoms with van der Waals surface area (Å²) in [6, 6.07) is 11.6. The van der Waals surface area contributed by atoms with E-state index < -0.39 is 5.97 Å². The van der Waals surface area contributed by atoms with Crippen molar-refractivity contribution in [1.29, 1.82) is 0 Å². The van der Waals surface area contributed by atoms with Crippen molar-refractivity contribution in [1.82, 2.24) is 4.90 Å². The smallest absolute Gasteiger partial charge is 0.374 e. The van der Waals surface area contributed by atoms with E-state index in [4.69, 9.17) is 13.6 Å². The van der Waals surface area contributed by atoms with E-state index in [1.165, 1.54) is 0 Å². The van der Waals surface area contributed by atoms with Crippen LogP contribution in [0.15, 0.2) is 45.2 Å². The SMILES string of the molecule is CCOC(=O)c1oc2ccccc2c1CN(C)Cc1ccc(C)o1. The van der Waals surface area contributed by atoms with Crippen molar-refractivity contribution in [2.75, 3.05) is 13.7 Å². The Hall–Kier alpha value is -2.53. The number of esters is 1. The van der Waals surface area contributed by atoms with Crippen molar-refractivity contribution in [3.05, 3.63) is 59.2 Å². The lowest BCUT2D eigenvalue weighted by Crippen LogP contribution is -2.18. The molecular formula is C19H21NO4. The Labute approximate surface area is 140 Å². The molecule has 3 aromatic rings. The van der Waals surface area contributed by atoms with E-state index in [9.17, 15) is 4.79 Å². The summed E-state index contributed by atoms with van der Waals surface area (Å²) in [7, 11) is 1.98. The van der Waals surface area contributed by atoms with Gasteiger partial charge in [-0.1, -0.05) is 18.2 Å². The predicted molar refractivity (Wildman–Crippen MR) is 90.8 cm³/mol. The molecule has 0 aliphatic heterocycles. The fourth-order valence-electron chi connectivity index (χ4n) is 2.78. The standard InChI is InChI=1S/C19H21NO4/c1-4-22-19(21)18-16(15-7-5-6-8-17(15)24-18)12-20(3)11-14-10-9-13(2)23-14/h5-10H,4,11-12H2,1-3H3. The topological polar surface area (TPSA) is 55.8 Å².